The van der Waals surface area contributed by atoms with Gasteiger partial charge in [0.05, 0.1) is 7.11 Å². The molecule has 0 amide bonds. The van der Waals surface area contributed by atoms with Crippen LogP contribution < -0.4 is 4.74 Å². The summed E-state index contributed by atoms with van der Waals surface area (Å²) in [4.78, 5) is 2.48. The Bertz CT molecular complexity index is 1780. The molecule has 0 aliphatic heterocycles. The van der Waals surface area contributed by atoms with E-state index in [0.717, 1.165) is 22.4 Å². The van der Waals surface area contributed by atoms with E-state index in [1.807, 2.05) is 30.3 Å². The molecule has 6 aromatic rings. The summed E-state index contributed by atoms with van der Waals surface area (Å²) >= 11 is 1.80. The second-order valence-corrected chi connectivity index (χ2v) is 10.5. The quantitative estimate of drug-likeness (QED) is 0.164. The van der Waals surface area contributed by atoms with Gasteiger partial charge in [-0.3, -0.25) is 0 Å². The van der Waals surface area contributed by atoms with E-state index >= 15 is 0 Å². The van der Waals surface area contributed by atoms with Gasteiger partial charge >= 0.3 is 0 Å². The van der Waals surface area contributed by atoms with Crippen molar-refractivity contribution < 1.29 is 4.74 Å². The Morgan fingerprint density at radius 3 is 1.87 bits per heavy atom. The van der Waals surface area contributed by atoms with Crippen LogP contribution in [0, 0.1) is 5.41 Å². The van der Waals surface area contributed by atoms with Crippen molar-refractivity contribution >= 4 is 40.0 Å². The number of ether oxygens (including phenoxy) is 1. The van der Waals surface area contributed by atoms with Crippen molar-refractivity contribution in [2.75, 3.05) is 7.11 Å². The minimum absolute atomic E-state index is 0.877. The van der Waals surface area contributed by atoms with Crippen molar-refractivity contribution in [1.29, 1.82) is 5.41 Å². The molecule has 188 valence electrons. The fraction of sp³-hybridized carbons (Fsp3) is 0.0278. The summed E-state index contributed by atoms with van der Waals surface area (Å²) in [7, 11) is 1.70. The van der Waals surface area contributed by atoms with Crippen molar-refractivity contribution in [1.82, 2.24) is 0 Å². The summed E-state index contributed by atoms with van der Waals surface area (Å²) < 4.78 is 5.35. The Balaban J connectivity index is 1.20. The molecule has 0 fully saturated rings. The molecule has 0 bridgehead atoms. The average molecular weight is 522 g/mol. The van der Waals surface area contributed by atoms with E-state index in [1.54, 1.807) is 18.4 Å². The van der Waals surface area contributed by atoms with Crippen LogP contribution in [0.4, 0.5) is 0 Å². The highest BCUT2D eigenvalue weighted by Gasteiger charge is 2.08. The van der Waals surface area contributed by atoms with Crippen LogP contribution in [-0.2, 0) is 0 Å². The number of benzene rings is 5. The minimum Gasteiger partial charge on any atom is -0.497 e. The first-order valence-electron chi connectivity index (χ1n) is 12.9. The van der Waals surface area contributed by atoms with Gasteiger partial charge in [0.25, 0.3) is 0 Å². The van der Waals surface area contributed by atoms with Crippen molar-refractivity contribution in [2.45, 2.75) is 0 Å². The smallest absolute Gasteiger partial charge is 0.119 e. The van der Waals surface area contributed by atoms with E-state index in [4.69, 9.17) is 10.1 Å². The van der Waals surface area contributed by atoms with Gasteiger partial charge in [0.15, 0.2) is 0 Å². The van der Waals surface area contributed by atoms with Crippen molar-refractivity contribution in [2.24, 2.45) is 0 Å². The van der Waals surface area contributed by atoms with Gasteiger partial charge in [-0.25, -0.2) is 0 Å². The molecule has 1 heterocycles. The second kappa shape index (κ2) is 10.9. The first kappa shape index (κ1) is 24.6. The maximum Gasteiger partial charge on any atom is 0.119 e. The molecular formula is C36H27NOS. The maximum absolute atomic E-state index is 7.89. The van der Waals surface area contributed by atoms with E-state index in [-0.39, 0.29) is 0 Å². The van der Waals surface area contributed by atoms with Gasteiger partial charge in [0.1, 0.15) is 5.75 Å². The Hall–Kier alpha value is -4.73. The second-order valence-electron chi connectivity index (χ2n) is 9.40. The number of thiophene rings is 1. The summed E-state index contributed by atoms with van der Waals surface area (Å²) in [6.45, 7) is 0. The SMILES string of the molecule is COc1ccc2cc(-c3ccc(-c4ccc(-c5ccc(/C(C=N)=C/c6ccccc6)cc5)s4)cc3)ccc2c1. The molecule has 2 nitrogen and oxygen atoms in total. The Kier molecular flexibility index (Phi) is 6.90. The number of fused-ring (bicyclic) bond motifs is 1. The zero-order valence-corrected chi connectivity index (χ0v) is 22.4. The van der Waals surface area contributed by atoms with Crippen molar-refractivity contribution in [3.63, 3.8) is 0 Å². The molecule has 6 rings (SSSR count). The lowest BCUT2D eigenvalue weighted by molar-refractivity contribution is 0.415. The summed E-state index contributed by atoms with van der Waals surface area (Å²) in [6, 6.07) is 44.6. The molecule has 0 spiro atoms. The Labute approximate surface area is 233 Å². The highest BCUT2D eigenvalue weighted by atomic mass is 32.1. The predicted molar refractivity (Wildman–Crippen MR) is 168 cm³/mol. The molecule has 1 N–H and O–H groups in total. The first-order chi connectivity index (χ1) is 19.2. The van der Waals surface area contributed by atoms with Crippen LogP contribution in [0.1, 0.15) is 11.1 Å². The summed E-state index contributed by atoms with van der Waals surface area (Å²) in [6.07, 6.45) is 3.47. The molecule has 0 unspecified atom stereocenters. The van der Waals surface area contributed by atoms with Crippen molar-refractivity contribution in [3.8, 4) is 37.8 Å². The highest BCUT2D eigenvalue weighted by Crippen LogP contribution is 2.36. The molecule has 0 radical (unpaired) electrons. The monoisotopic (exact) mass is 521 g/mol. The van der Waals surface area contributed by atoms with Crippen LogP contribution in [0.5, 0.6) is 5.75 Å². The fourth-order valence-corrected chi connectivity index (χ4v) is 5.79. The minimum atomic E-state index is 0.877. The lowest BCUT2D eigenvalue weighted by atomic mass is 10.00. The lowest BCUT2D eigenvalue weighted by Crippen LogP contribution is -1.86. The fourth-order valence-electron chi connectivity index (χ4n) is 4.77. The molecule has 5 aromatic carbocycles. The predicted octanol–water partition coefficient (Wildman–Crippen LogP) is 10.1. The molecule has 1 aromatic heterocycles. The van der Waals surface area contributed by atoms with Gasteiger partial charge in [-0.05, 0) is 86.1 Å². The third-order valence-corrected chi connectivity index (χ3v) is 8.12. The van der Waals surface area contributed by atoms with Crippen LogP contribution in [0.3, 0.4) is 0 Å². The average Bonchev–Trinajstić information content (AvgIpc) is 3.50. The third kappa shape index (κ3) is 5.31. The van der Waals surface area contributed by atoms with E-state index < -0.39 is 0 Å². The van der Waals surface area contributed by atoms with E-state index in [0.29, 0.717) is 0 Å². The number of methoxy groups -OCH3 is 1. The first-order valence-corrected chi connectivity index (χ1v) is 13.7. The largest absolute Gasteiger partial charge is 0.497 e. The van der Waals surface area contributed by atoms with Gasteiger partial charge < -0.3 is 10.1 Å². The number of rotatable bonds is 7. The zero-order chi connectivity index (χ0) is 26.6. The van der Waals surface area contributed by atoms with Gasteiger partial charge in [-0.15, -0.1) is 11.3 Å². The summed E-state index contributed by atoms with van der Waals surface area (Å²) in [5, 5.41) is 10.3. The van der Waals surface area contributed by atoms with Gasteiger partial charge in [0, 0.05) is 16.0 Å². The Morgan fingerprint density at radius 2 is 1.21 bits per heavy atom. The van der Waals surface area contributed by atoms with Crippen LogP contribution >= 0.6 is 11.3 Å². The van der Waals surface area contributed by atoms with Crippen LogP contribution in [0.2, 0.25) is 0 Å². The molecular weight excluding hydrogens is 494 g/mol. The van der Waals surface area contributed by atoms with E-state index in [2.05, 4.69) is 103 Å². The third-order valence-electron chi connectivity index (χ3n) is 6.94. The topological polar surface area (TPSA) is 33.1 Å². The standard InChI is InChI=1S/C36H27NOS/c1-38-34-18-17-31-22-30(15-16-32(31)23-34)26-7-11-28(12-8-26)35-19-20-36(39-35)29-13-9-27(10-14-29)33(24-37)21-25-5-3-2-4-6-25/h2-24,37H,1H3/b33-21+,37-24?. The van der Waals surface area contributed by atoms with E-state index in [1.165, 1.54) is 49.0 Å². The van der Waals surface area contributed by atoms with Crippen LogP contribution in [0.25, 0.3) is 54.4 Å². The van der Waals surface area contributed by atoms with Crippen molar-refractivity contribution in [3.05, 3.63) is 139 Å². The highest BCUT2D eigenvalue weighted by molar-refractivity contribution is 7.18. The maximum atomic E-state index is 7.89. The summed E-state index contributed by atoms with van der Waals surface area (Å²) in [5.41, 5.74) is 7.84. The number of hydrogen-bond donors (Lipinski definition) is 1. The Morgan fingerprint density at radius 1 is 0.615 bits per heavy atom. The molecule has 0 aliphatic carbocycles. The number of nitrogens with one attached hydrogen (secondary N) is 1. The number of allylic oxidation sites excluding steroid dienone is 1. The van der Waals surface area contributed by atoms with Gasteiger partial charge in [0.2, 0.25) is 0 Å². The normalized spacial score (nSPS) is 11.5. The molecule has 0 saturated heterocycles. The van der Waals surface area contributed by atoms with Gasteiger partial charge in [-0.2, -0.15) is 0 Å². The molecule has 39 heavy (non-hydrogen) atoms. The molecule has 0 saturated carbocycles. The van der Waals surface area contributed by atoms with Crippen LogP contribution in [0.15, 0.2) is 127 Å². The molecule has 0 atom stereocenters. The van der Waals surface area contributed by atoms with Crippen LogP contribution in [-0.4, -0.2) is 13.3 Å². The summed E-state index contributed by atoms with van der Waals surface area (Å²) in [5.74, 6) is 0.877. The number of hydrogen-bond acceptors (Lipinski definition) is 3. The molecule has 0 aliphatic rings. The van der Waals surface area contributed by atoms with Gasteiger partial charge in [-0.1, -0.05) is 97.1 Å². The lowest BCUT2D eigenvalue weighted by Gasteiger charge is -2.07. The molecule has 3 heteroatoms. The van der Waals surface area contributed by atoms with E-state index in [9.17, 15) is 0 Å². The zero-order valence-electron chi connectivity index (χ0n) is 21.6.